The van der Waals surface area contributed by atoms with Crippen molar-refractivity contribution < 1.29 is 22.7 Å². The number of hydrogen-bond donors (Lipinski definition) is 1. The molecule has 1 aromatic rings. The number of hydrogen-bond acceptors (Lipinski definition) is 4. The van der Waals surface area contributed by atoms with Crippen LogP contribution in [0.25, 0.3) is 0 Å². The molecule has 0 bridgehead atoms. The largest absolute Gasteiger partial charge is 0.468 e. The Balaban J connectivity index is 2.90. The van der Waals surface area contributed by atoms with Crippen LogP contribution in [0.2, 0.25) is 0 Å². The summed E-state index contributed by atoms with van der Waals surface area (Å²) in [5.74, 6) is -0.575. The van der Waals surface area contributed by atoms with Gasteiger partial charge in [-0.15, -0.1) is 0 Å². The predicted octanol–water partition coefficient (Wildman–Crippen LogP) is 1.05. The average Bonchev–Trinajstić information content (AvgIpc) is 2.75. The summed E-state index contributed by atoms with van der Waals surface area (Å²) < 4.78 is 42.7. The molecule has 5 nitrogen and oxygen atoms in total. The smallest absolute Gasteiger partial charge is 0.435 e. The van der Waals surface area contributed by atoms with E-state index in [1.165, 1.54) is 27.3 Å². The number of ether oxygens (including phenoxy) is 1. The Labute approximate surface area is 102 Å². The molecule has 0 saturated carbocycles. The SMILES string of the molecule is CNC(C)(Cn1ccc(C(F)(F)F)n1)C(=O)OC. The second kappa shape index (κ2) is 4.97. The number of methoxy groups -OCH3 is 1. The fraction of sp³-hybridized carbons (Fsp3) is 0.600. The molecule has 0 aliphatic carbocycles. The summed E-state index contributed by atoms with van der Waals surface area (Å²) in [6, 6.07) is 0.855. The van der Waals surface area contributed by atoms with Crippen molar-refractivity contribution in [3.05, 3.63) is 18.0 Å². The molecule has 8 heteroatoms. The van der Waals surface area contributed by atoms with E-state index in [1.54, 1.807) is 0 Å². The first-order valence-corrected chi connectivity index (χ1v) is 5.11. The number of nitrogens with zero attached hydrogens (tertiary/aromatic N) is 2. The third kappa shape index (κ3) is 3.00. The van der Waals surface area contributed by atoms with Crippen LogP contribution in [-0.4, -0.2) is 35.4 Å². The second-order valence-corrected chi connectivity index (χ2v) is 3.97. The minimum atomic E-state index is -4.49. The highest BCUT2D eigenvalue weighted by Gasteiger charge is 2.36. The lowest BCUT2D eigenvalue weighted by molar-refractivity contribution is -0.148. The zero-order valence-corrected chi connectivity index (χ0v) is 10.2. The maximum absolute atomic E-state index is 12.4. The molecule has 0 aromatic carbocycles. The van der Waals surface area contributed by atoms with Crippen molar-refractivity contribution in [2.45, 2.75) is 25.2 Å². The number of likely N-dealkylation sites (N-methyl/N-ethyl adjacent to an activating group) is 1. The third-order valence-electron chi connectivity index (χ3n) is 2.60. The van der Waals surface area contributed by atoms with Crippen molar-refractivity contribution >= 4 is 5.97 Å². The van der Waals surface area contributed by atoms with Crippen LogP contribution in [0.1, 0.15) is 12.6 Å². The van der Waals surface area contributed by atoms with Gasteiger partial charge in [-0.25, -0.2) is 4.79 Å². The third-order valence-corrected chi connectivity index (χ3v) is 2.60. The first-order valence-electron chi connectivity index (χ1n) is 5.11. The van der Waals surface area contributed by atoms with Gasteiger partial charge in [0.1, 0.15) is 5.54 Å². The van der Waals surface area contributed by atoms with Crippen molar-refractivity contribution in [1.29, 1.82) is 0 Å². The Morgan fingerprint density at radius 3 is 2.56 bits per heavy atom. The lowest BCUT2D eigenvalue weighted by atomic mass is 10.0. The van der Waals surface area contributed by atoms with Crippen LogP contribution in [0.5, 0.6) is 0 Å². The summed E-state index contributed by atoms with van der Waals surface area (Å²) in [4.78, 5) is 11.5. The molecule has 102 valence electrons. The van der Waals surface area contributed by atoms with Gasteiger partial charge in [0.2, 0.25) is 0 Å². The van der Waals surface area contributed by atoms with E-state index in [2.05, 4.69) is 15.2 Å². The summed E-state index contributed by atoms with van der Waals surface area (Å²) in [6.45, 7) is 1.46. The molecule has 0 spiro atoms. The molecule has 0 amide bonds. The molecule has 1 unspecified atom stereocenters. The zero-order chi connectivity index (χ0) is 14.0. The maximum atomic E-state index is 12.4. The number of carbonyl (C=O) groups is 1. The van der Waals surface area contributed by atoms with Crippen LogP contribution in [0, 0.1) is 0 Å². The van der Waals surface area contributed by atoms with Crippen LogP contribution >= 0.6 is 0 Å². The maximum Gasteiger partial charge on any atom is 0.435 e. The fourth-order valence-corrected chi connectivity index (χ4v) is 1.40. The van der Waals surface area contributed by atoms with Crippen molar-refractivity contribution in [3.63, 3.8) is 0 Å². The molecule has 1 aromatic heterocycles. The average molecular weight is 265 g/mol. The summed E-state index contributed by atoms with van der Waals surface area (Å²) in [7, 11) is 2.73. The monoisotopic (exact) mass is 265 g/mol. The summed E-state index contributed by atoms with van der Waals surface area (Å²) >= 11 is 0. The van der Waals surface area contributed by atoms with Gasteiger partial charge in [-0.05, 0) is 20.0 Å². The number of nitrogens with one attached hydrogen (secondary N) is 1. The molecular weight excluding hydrogens is 251 g/mol. The number of halogens is 3. The highest BCUT2D eigenvalue weighted by Crippen LogP contribution is 2.27. The highest BCUT2D eigenvalue weighted by atomic mass is 19.4. The normalized spacial score (nSPS) is 15.2. The van der Waals surface area contributed by atoms with Crippen LogP contribution in [0.4, 0.5) is 13.2 Å². The molecular formula is C10H14F3N3O2. The van der Waals surface area contributed by atoms with Gasteiger partial charge in [-0.2, -0.15) is 18.3 Å². The topological polar surface area (TPSA) is 56.2 Å². The van der Waals surface area contributed by atoms with E-state index in [0.717, 1.165) is 10.7 Å². The van der Waals surface area contributed by atoms with Gasteiger partial charge in [0.05, 0.1) is 13.7 Å². The molecule has 18 heavy (non-hydrogen) atoms. The number of rotatable bonds is 4. The van der Waals surface area contributed by atoms with Gasteiger partial charge in [0.25, 0.3) is 0 Å². The van der Waals surface area contributed by atoms with Crippen molar-refractivity contribution in [1.82, 2.24) is 15.1 Å². The molecule has 0 aliphatic rings. The van der Waals surface area contributed by atoms with Crippen LogP contribution in [-0.2, 0) is 22.3 Å². The van der Waals surface area contributed by atoms with Crippen LogP contribution in [0.15, 0.2) is 12.3 Å². The second-order valence-electron chi connectivity index (χ2n) is 3.97. The lowest BCUT2D eigenvalue weighted by Crippen LogP contribution is -2.51. The molecule has 0 aliphatic heterocycles. The summed E-state index contributed by atoms with van der Waals surface area (Å²) in [6.07, 6.45) is -3.33. The van der Waals surface area contributed by atoms with Crippen molar-refractivity contribution in [2.75, 3.05) is 14.2 Å². The van der Waals surface area contributed by atoms with E-state index in [-0.39, 0.29) is 6.54 Å². The van der Waals surface area contributed by atoms with Crippen LogP contribution in [0.3, 0.4) is 0 Å². The van der Waals surface area contributed by atoms with E-state index in [4.69, 9.17) is 0 Å². The van der Waals surface area contributed by atoms with Crippen molar-refractivity contribution in [3.8, 4) is 0 Å². The van der Waals surface area contributed by atoms with Crippen LogP contribution < -0.4 is 5.32 Å². The van der Waals surface area contributed by atoms with Gasteiger partial charge in [0.15, 0.2) is 5.69 Å². The summed E-state index contributed by atoms with van der Waals surface area (Å²) in [5.41, 5.74) is -2.13. The van der Waals surface area contributed by atoms with Gasteiger partial charge in [0, 0.05) is 6.20 Å². The van der Waals surface area contributed by atoms with E-state index >= 15 is 0 Å². The molecule has 0 radical (unpaired) electrons. The van der Waals surface area contributed by atoms with E-state index in [9.17, 15) is 18.0 Å². The number of carbonyl (C=O) groups excluding carboxylic acids is 1. The van der Waals surface area contributed by atoms with Gasteiger partial charge >= 0.3 is 12.1 Å². The Morgan fingerprint density at radius 2 is 2.17 bits per heavy atom. The fourth-order valence-electron chi connectivity index (χ4n) is 1.40. The lowest BCUT2D eigenvalue weighted by Gasteiger charge is -2.25. The quantitative estimate of drug-likeness (QED) is 0.827. The molecule has 1 N–H and O–H groups in total. The Hall–Kier alpha value is -1.57. The molecule has 0 fully saturated rings. The number of esters is 1. The Morgan fingerprint density at radius 1 is 1.56 bits per heavy atom. The molecule has 0 saturated heterocycles. The van der Waals surface area contributed by atoms with Gasteiger partial charge < -0.3 is 10.1 Å². The molecule has 1 heterocycles. The van der Waals surface area contributed by atoms with Crippen molar-refractivity contribution in [2.24, 2.45) is 0 Å². The van der Waals surface area contributed by atoms with Gasteiger partial charge in [-0.1, -0.05) is 0 Å². The zero-order valence-electron chi connectivity index (χ0n) is 10.2. The predicted molar refractivity (Wildman–Crippen MR) is 56.7 cm³/mol. The standard InChI is InChI=1S/C10H14F3N3O2/c1-9(14-2,8(17)18-3)6-16-5-4-7(15-16)10(11,12)13/h4-5,14H,6H2,1-3H3. The highest BCUT2D eigenvalue weighted by molar-refractivity contribution is 5.80. The first-order chi connectivity index (χ1) is 8.23. The first kappa shape index (κ1) is 14.5. The van der Waals surface area contributed by atoms with Gasteiger partial charge in [-0.3, -0.25) is 4.68 Å². The number of aromatic nitrogens is 2. The van der Waals surface area contributed by atoms with E-state index in [0.29, 0.717) is 0 Å². The number of alkyl halides is 3. The molecule has 1 rings (SSSR count). The Bertz CT molecular complexity index is 430. The summed E-state index contributed by atoms with van der Waals surface area (Å²) in [5, 5.41) is 6.08. The molecule has 1 atom stereocenters. The Kier molecular flexibility index (Phi) is 4.00. The van der Waals surface area contributed by atoms with E-state index in [1.807, 2.05) is 0 Å². The minimum absolute atomic E-state index is 0.0632. The minimum Gasteiger partial charge on any atom is -0.468 e. The van der Waals surface area contributed by atoms with E-state index < -0.39 is 23.4 Å².